The molecule has 67 heavy (non-hydrogen) atoms. The van der Waals surface area contributed by atoms with Gasteiger partial charge in [0.25, 0.3) is 0 Å². The SMILES string of the molecule is O=C(O)[C@H]1O[C@@H](O[C@H]2[C@H](OS(=O)(=O)O)[C@@H](NS(=O)(=O)O)[C@@H](O[C@H]3[C@H](O)[C@@H](O)C(O)O[C@H]3C(=O)O)O[C@@H]2COS(=O)(=O)O)[C@H](O)[C@@H](O)[C@@H]1O[C@H]1O[C@H](COS(=O)(=O)O)[C@@H](O)[C@H](O)[C@H]1NS(=O)(=O)O. The minimum atomic E-state index is -6.08. The number of aliphatic hydroxyl groups is 7. The number of aliphatic hydroxyl groups excluding tert-OH is 7. The second kappa shape index (κ2) is 21.6. The molecule has 4 fully saturated rings. The molecule has 43 heteroatoms. The van der Waals surface area contributed by atoms with Crippen LogP contribution in [0.25, 0.3) is 0 Å². The molecule has 38 nitrogen and oxygen atoms in total. The van der Waals surface area contributed by atoms with Crippen molar-refractivity contribution in [2.45, 2.75) is 123 Å². The maximum Gasteiger partial charge on any atom is 0.397 e. The van der Waals surface area contributed by atoms with Crippen molar-refractivity contribution >= 4 is 63.7 Å². The van der Waals surface area contributed by atoms with Crippen LogP contribution < -0.4 is 9.44 Å². The molecule has 4 heterocycles. The fourth-order valence-corrected chi connectivity index (χ4v) is 8.93. The normalized spacial score (nSPS) is 40.5. The van der Waals surface area contributed by atoms with E-state index in [-0.39, 0.29) is 0 Å². The van der Waals surface area contributed by atoms with Gasteiger partial charge in [0, 0.05) is 0 Å². The molecule has 0 aromatic rings. The molecule has 0 aliphatic carbocycles. The maximum absolute atomic E-state index is 12.6. The topological polar surface area (TPSA) is 604 Å². The van der Waals surface area contributed by atoms with Crippen LogP contribution in [-0.2, 0) is 107 Å². The van der Waals surface area contributed by atoms with E-state index < -0.39 is 200 Å². The predicted octanol–water partition coefficient (Wildman–Crippen LogP) is -11.3. The molecule has 4 saturated heterocycles. The van der Waals surface area contributed by atoms with Crippen LogP contribution in [0.2, 0.25) is 0 Å². The Bertz CT molecular complexity index is 2320. The lowest BCUT2D eigenvalue weighted by atomic mass is 9.94. The quantitative estimate of drug-likeness (QED) is 0.0503. The van der Waals surface area contributed by atoms with Gasteiger partial charge in [-0.1, -0.05) is 0 Å². The van der Waals surface area contributed by atoms with Crippen LogP contribution in [0.3, 0.4) is 0 Å². The van der Waals surface area contributed by atoms with Crippen LogP contribution in [0, 0.1) is 0 Å². The Morgan fingerprint density at radius 2 is 0.866 bits per heavy atom. The second-order valence-corrected chi connectivity index (χ2v) is 19.6. The molecule has 1 unspecified atom stereocenters. The molecular formula is C24H40N2O36S5. The van der Waals surface area contributed by atoms with Gasteiger partial charge in [-0.05, 0) is 0 Å². The number of rotatable bonds is 20. The van der Waals surface area contributed by atoms with Crippen LogP contribution >= 0.6 is 0 Å². The molecule has 4 aliphatic heterocycles. The summed E-state index contributed by atoms with van der Waals surface area (Å²) in [5.74, 6) is -4.39. The van der Waals surface area contributed by atoms with Crippen molar-refractivity contribution in [3.63, 3.8) is 0 Å². The van der Waals surface area contributed by atoms with Crippen LogP contribution in [-0.4, -0.2) is 259 Å². The zero-order valence-corrected chi connectivity index (χ0v) is 36.3. The third-order valence-electron chi connectivity index (χ3n) is 9.38. The Balaban J connectivity index is 1.78. The molecule has 0 spiro atoms. The number of hydrogen-bond donors (Lipinski definition) is 16. The van der Waals surface area contributed by atoms with E-state index in [0.29, 0.717) is 0 Å². The number of ether oxygens (including phenoxy) is 7. The molecule has 0 aromatic carbocycles. The fraction of sp³-hybridized carbons (Fsp3) is 0.917. The third kappa shape index (κ3) is 15.6. The van der Waals surface area contributed by atoms with E-state index in [9.17, 15) is 116 Å². The van der Waals surface area contributed by atoms with E-state index in [0.717, 1.165) is 0 Å². The summed E-state index contributed by atoms with van der Waals surface area (Å²) in [7, 11) is -28.4. The van der Waals surface area contributed by atoms with Crippen molar-refractivity contribution < 1.29 is 166 Å². The summed E-state index contributed by atoms with van der Waals surface area (Å²) < 4.78 is 217. The van der Waals surface area contributed by atoms with Gasteiger partial charge in [0.05, 0.1) is 13.2 Å². The molecule has 4 rings (SSSR count). The Hall–Kier alpha value is -2.27. The Morgan fingerprint density at radius 3 is 1.33 bits per heavy atom. The summed E-state index contributed by atoms with van der Waals surface area (Å²) in [6, 6.07) is -5.36. The lowest BCUT2D eigenvalue weighted by Crippen LogP contribution is -2.71. The summed E-state index contributed by atoms with van der Waals surface area (Å²) in [4.78, 5) is 24.5. The van der Waals surface area contributed by atoms with Crippen molar-refractivity contribution in [2.24, 2.45) is 0 Å². The van der Waals surface area contributed by atoms with Crippen molar-refractivity contribution in [1.29, 1.82) is 0 Å². The number of carboxylic acids is 2. The van der Waals surface area contributed by atoms with Crippen molar-refractivity contribution in [2.75, 3.05) is 13.2 Å². The summed E-state index contributed by atoms with van der Waals surface area (Å²) >= 11 is 0. The van der Waals surface area contributed by atoms with Crippen LogP contribution in [0.4, 0.5) is 0 Å². The molecule has 0 bridgehead atoms. The van der Waals surface area contributed by atoms with Gasteiger partial charge >= 0.3 is 63.7 Å². The molecule has 0 aromatic heterocycles. The van der Waals surface area contributed by atoms with Crippen molar-refractivity contribution in [3.05, 3.63) is 0 Å². The van der Waals surface area contributed by atoms with Crippen molar-refractivity contribution in [3.8, 4) is 0 Å². The van der Waals surface area contributed by atoms with Gasteiger partial charge in [0.1, 0.15) is 85.3 Å². The predicted molar refractivity (Wildman–Crippen MR) is 191 cm³/mol. The Morgan fingerprint density at radius 1 is 0.448 bits per heavy atom. The summed E-state index contributed by atoms with van der Waals surface area (Å²) in [6.45, 7) is -3.17. The van der Waals surface area contributed by atoms with E-state index in [1.54, 1.807) is 0 Å². The van der Waals surface area contributed by atoms with Gasteiger partial charge in [0.15, 0.2) is 37.4 Å². The first-order valence-electron chi connectivity index (χ1n) is 17.6. The first-order chi connectivity index (χ1) is 30.4. The molecule has 16 N–H and O–H groups in total. The number of nitrogens with one attached hydrogen (secondary N) is 2. The largest absolute Gasteiger partial charge is 0.479 e. The standard InChI is InChI=1S/C24H40N2O36S5/c27-7-3(1-53-65(44,45)46)55-22(5(8(7)28)25-63(38,39)40)59-16-10(30)12(32)24(61-18(16)20(35)36)58-13-4(2-54-66(47,48)49)56-23(6(26-64(41,42)43)14(13)62-67(50,51)52)60-15-9(29)11(31)21(37)57-17(15)19(33)34/h3-18,21-32,37H,1-2H2,(H,33,34)(H,35,36)(H,38,39,40)(H,41,42,43)(H,44,45,46)(H,47,48,49)(H,50,51,52)/t3-,4-,5-,6-,7-,8-,9-,10-,11-,12-,13-,14-,15+,16+,17-,18+,21?,22-,23-,24-/m1/s1. The Kier molecular flexibility index (Phi) is 18.5. The minimum Gasteiger partial charge on any atom is -0.479 e. The lowest BCUT2D eigenvalue weighted by molar-refractivity contribution is -0.368. The van der Waals surface area contributed by atoms with E-state index in [1.807, 2.05) is 0 Å². The number of aliphatic carboxylic acids is 2. The summed E-state index contributed by atoms with van der Waals surface area (Å²) in [5.41, 5.74) is 0. The molecule has 0 saturated carbocycles. The molecule has 20 atom stereocenters. The lowest BCUT2D eigenvalue weighted by Gasteiger charge is -2.49. The van der Waals surface area contributed by atoms with Gasteiger partial charge < -0.3 is 79.1 Å². The molecule has 0 radical (unpaired) electrons. The zero-order valence-electron chi connectivity index (χ0n) is 32.2. The molecule has 0 amide bonds. The van der Waals surface area contributed by atoms with Crippen LogP contribution in [0.5, 0.6) is 0 Å². The fourth-order valence-electron chi connectivity index (χ4n) is 6.62. The Labute approximate surface area is 374 Å². The van der Waals surface area contributed by atoms with Crippen LogP contribution in [0.1, 0.15) is 0 Å². The van der Waals surface area contributed by atoms with E-state index in [2.05, 4.69) is 17.3 Å². The van der Waals surface area contributed by atoms with E-state index >= 15 is 0 Å². The highest BCUT2D eigenvalue weighted by molar-refractivity contribution is 7.84. The average Bonchev–Trinajstić information content (AvgIpc) is 3.15. The monoisotopic (exact) mass is 1090 g/mol. The zero-order chi connectivity index (χ0) is 51.1. The highest BCUT2D eigenvalue weighted by atomic mass is 32.3. The van der Waals surface area contributed by atoms with Gasteiger partial charge in [-0.15, -0.1) is 0 Å². The molecular weight excluding hydrogens is 1050 g/mol. The number of carbonyl (C=O) groups is 2. The number of hydrogen-bond acceptors (Lipinski definition) is 29. The van der Waals surface area contributed by atoms with E-state index in [4.69, 9.17) is 33.0 Å². The van der Waals surface area contributed by atoms with Gasteiger partial charge in [0.2, 0.25) is 0 Å². The smallest absolute Gasteiger partial charge is 0.397 e. The summed E-state index contributed by atoms with van der Waals surface area (Å²) in [6.07, 6.45) is -47.9. The third-order valence-corrected chi connectivity index (χ3v) is 11.9. The van der Waals surface area contributed by atoms with Gasteiger partial charge in [-0.2, -0.15) is 51.5 Å². The minimum absolute atomic E-state index is 1.22. The van der Waals surface area contributed by atoms with Crippen molar-refractivity contribution in [1.82, 2.24) is 9.44 Å². The second-order valence-electron chi connectivity index (χ2n) is 14.0. The summed E-state index contributed by atoms with van der Waals surface area (Å²) in [5, 5.41) is 93.7. The first kappa shape index (κ1) is 57.3. The molecule has 392 valence electrons. The number of carboxylic acid groups (broad SMARTS) is 2. The van der Waals surface area contributed by atoms with Gasteiger partial charge in [-0.3, -0.25) is 22.8 Å². The van der Waals surface area contributed by atoms with Crippen LogP contribution in [0.15, 0.2) is 0 Å². The average molecular weight is 1090 g/mol. The maximum atomic E-state index is 12.6. The van der Waals surface area contributed by atoms with E-state index in [1.165, 1.54) is 9.44 Å². The molecule has 4 aliphatic rings. The highest BCUT2D eigenvalue weighted by Crippen LogP contribution is 2.36. The highest BCUT2D eigenvalue weighted by Gasteiger charge is 2.59. The van der Waals surface area contributed by atoms with Gasteiger partial charge in [-0.25, -0.2) is 22.1 Å². The first-order valence-corrected chi connectivity index (χ1v) is 24.5.